The van der Waals surface area contributed by atoms with Crippen molar-refractivity contribution in [2.75, 3.05) is 11.4 Å². The maximum atomic E-state index is 11.2. The number of rotatable bonds is 3. The molecular formula is C21H15Cl2NO2. The molecule has 0 aromatic heterocycles. The fraction of sp³-hybridized carbons (Fsp3) is 0.0952. The van der Waals surface area contributed by atoms with Crippen LogP contribution in [0.25, 0.3) is 11.1 Å². The Bertz CT molecular complexity index is 1020. The molecule has 0 atom stereocenters. The Labute approximate surface area is 161 Å². The van der Waals surface area contributed by atoms with Crippen LogP contribution < -0.4 is 4.90 Å². The predicted octanol–water partition coefficient (Wildman–Crippen LogP) is 6.05. The molecule has 0 saturated carbocycles. The minimum atomic E-state index is -0.928. The molecule has 26 heavy (non-hydrogen) atoms. The quantitative estimate of drug-likeness (QED) is 0.597. The molecule has 0 bridgehead atoms. The van der Waals surface area contributed by atoms with E-state index < -0.39 is 5.97 Å². The lowest BCUT2D eigenvalue weighted by Gasteiger charge is -2.21. The van der Waals surface area contributed by atoms with E-state index in [0.29, 0.717) is 10.0 Å². The summed E-state index contributed by atoms with van der Waals surface area (Å²) < 4.78 is 0. The van der Waals surface area contributed by atoms with Gasteiger partial charge in [-0.15, -0.1) is 0 Å². The van der Waals surface area contributed by atoms with E-state index in [4.69, 9.17) is 23.2 Å². The van der Waals surface area contributed by atoms with E-state index in [0.717, 1.165) is 35.5 Å². The molecule has 0 amide bonds. The van der Waals surface area contributed by atoms with Crippen molar-refractivity contribution in [3.05, 3.63) is 81.8 Å². The summed E-state index contributed by atoms with van der Waals surface area (Å²) in [6.45, 7) is 0.843. The number of carboxylic acid groups (broad SMARTS) is 1. The van der Waals surface area contributed by atoms with Crippen LogP contribution in [-0.4, -0.2) is 17.6 Å². The standard InChI is InChI=1S/C21H15Cl2NO2/c22-17-6-7-19(18(23)12-17)24-9-8-13-4-5-15(11-20(13)24)14-2-1-3-16(10-14)21(25)26/h1-7,10-12H,8-9H2,(H,25,26). The van der Waals surface area contributed by atoms with E-state index in [9.17, 15) is 9.90 Å². The largest absolute Gasteiger partial charge is 0.478 e. The van der Waals surface area contributed by atoms with Gasteiger partial charge in [-0.05, 0) is 59.5 Å². The summed E-state index contributed by atoms with van der Waals surface area (Å²) in [5.74, 6) is -0.928. The van der Waals surface area contributed by atoms with Gasteiger partial charge in [0.1, 0.15) is 0 Å². The second kappa shape index (κ2) is 6.67. The number of carbonyl (C=O) groups is 1. The van der Waals surface area contributed by atoms with E-state index in [-0.39, 0.29) is 5.56 Å². The SMILES string of the molecule is O=C(O)c1cccc(-c2ccc3c(c2)N(c2ccc(Cl)cc2Cl)CC3)c1. The normalized spacial score (nSPS) is 12.9. The van der Waals surface area contributed by atoms with Gasteiger partial charge in [-0.3, -0.25) is 0 Å². The molecule has 130 valence electrons. The smallest absolute Gasteiger partial charge is 0.335 e. The van der Waals surface area contributed by atoms with Crippen LogP contribution in [0.1, 0.15) is 15.9 Å². The first kappa shape index (κ1) is 17.0. The molecule has 1 aliphatic rings. The highest BCUT2D eigenvalue weighted by atomic mass is 35.5. The first-order valence-corrected chi connectivity index (χ1v) is 8.98. The number of benzene rings is 3. The zero-order valence-corrected chi connectivity index (χ0v) is 15.3. The number of carboxylic acids is 1. The minimum absolute atomic E-state index is 0.278. The summed E-state index contributed by atoms with van der Waals surface area (Å²) >= 11 is 12.4. The van der Waals surface area contributed by atoms with E-state index in [1.807, 2.05) is 24.3 Å². The van der Waals surface area contributed by atoms with Crippen molar-refractivity contribution in [2.24, 2.45) is 0 Å². The van der Waals surface area contributed by atoms with E-state index >= 15 is 0 Å². The Morgan fingerprint density at radius 2 is 1.73 bits per heavy atom. The van der Waals surface area contributed by atoms with Crippen molar-refractivity contribution >= 4 is 40.5 Å². The second-order valence-corrected chi connectivity index (χ2v) is 7.07. The summed E-state index contributed by atoms with van der Waals surface area (Å²) in [6.07, 6.45) is 0.934. The van der Waals surface area contributed by atoms with Gasteiger partial charge in [-0.2, -0.15) is 0 Å². The average Bonchev–Trinajstić information content (AvgIpc) is 3.05. The predicted molar refractivity (Wildman–Crippen MR) is 106 cm³/mol. The summed E-state index contributed by atoms with van der Waals surface area (Å²) in [5, 5.41) is 10.4. The first-order valence-electron chi connectivity index (χ1n) is 8.22. The van der Waals surface area contributed by atoms with Gasteiger partial charge >= 0.3 is 5.97 Å². The van der Waals surface area contributed by atoms with Crippen LogP contribution in [0, 0.1) is 0 Å². The number of hydrogen-bond acceptors (Lipinski definition) is 2. The number of anilines is 2. The number of nitrogens with zero attached hydrogens (tertiary/aromatic N) is 1. The van der Waals surface area contributed by atoms with E-state index in [1.54, 1.807) is 24.3 Å². The number of fused-ring (bicyclic) bond motifs is 1. The third-order valence-corrected chi connectivity index (χ3v) is 5.16. The molecule has 3 aromatic rings. The van der Waals surface area contributed by atoms with Gasteiger partial charge in [0.2, 0.25) is 0 Å². The van der Waals surface area contributed by atoms with Gasteiger partial charge < -0.3 is 10.0 Å². The summed E-state index contributed by atoms with van der Waals surface area (Å²) in [7, 11) is 0. The molecule has 3 nitrogen and oxygen atoms in total. The molecule has 0 spiro atoms. The zero-order valence-electron chi connectivity index (χ0n) is 13.7. The summed E-state index contributed by atoms with van der Waals surface area (Å²) in [6, 6.07) is 18.7. The zero-order chi connectivity index (χ0) is 18.3. The maximum absolute atomic E-state index is 11.2. The molecule has 4 rings (SSSR count). The van der Waals surface area contributed by atoms with Gasteiger partial charge in [-0.25, -0.2) is 4.79 Å². The molecule has 3 aromatic carbocycles. The fourth-order valence-electron chi connectivity index (χ4n) is 3.34. The Morgan fingerprint density at radius 3 is 2.50 bits per heavy atom. The molecule has 0 aliphatic carbocycles. The molecule has 0 unspecified atom stereocenters. The van der Waals surface area contributed by atoms with Crippen LogP contribution in [0.4, 0.5) is 11.4 Å². The highest BCUT2D eigenvalue weighted by Gasteiger charge is 2.23. The van der Waals surface area contributed by atoms with Crippen LogP contribution in [0.3, 0.4) is 0 Å². The van der Waals surface area contributed by atoms with Gasteiger partial charge in [0.15, 0.2) is 0 Å². The van der Waals surface area contributed by atoms with Crippen LogP contribution in [-0.2, 0) is 6.42 Å². The third kappa shape index (κ3) is 3.05. The van der Waals surface area contributed by atoms with Crippen molar-refractivity contribution in [1.29, 1.82) is 0 Å². The van der Waals surface area contributed by atoms with Gasteiger partial charge in [0.25, 0.3) is 0 Å². The van der Waals surface area contributed by atoms with Crippen molar-refractivity contribution < 1.29 is 9.90 Å². The molecule has 0 radical (unpaired) electrons. The topological polar surface area (TPSA) is 40.5 Å². The molecule has 0 saturated heterocycles. The summed E-state index contributed by atoms with van der Waals surface area (Å²) in [5.41, 5.74) is 5.39. The average molecular weight is 384 g/mol. The van der Waals surface area contributed by atoms with Crippen molar-refractivity contribution in [2.45, 2.75) is 6.42 Å². The van der Waals surface area contributed by atoms with E-state index in [1.165, 1.54) is 5.56 Å². The molecule has 1 heterocycles. The number of aromatic carboxylic acids is 1. The first-order chi connectivity index (χ1) is 12.5. The lowest BCUT2D eigenvalue weighted by atomic mass is 10.0. The molecular weight excluding hydrogens is 369 g/mol. The van der Waals surface area contributed by atoms with Crippen molar-refractivity contribution in [3.8, 4) is 11.1 Å². The maximum Gasteiger partial charge on any atom is 0.335 e. The fourth-order valence-corrected chi connectivity index (χ4v) is 3.85. The third-order valence-electron chi connectivity index (χ3n) is 4.62. The van der Waals surface area contributed by atoms with Crippen molar-refractivity contribution in [1.82, 2.24) is 0 Å². The van der Waals surface area contributed by atoms with Gasteiger partial charge in [-0.1, -0.05) is 47.5 Å². The minimum Gasteiger partial charge on any atom is -0.478 e. The Hall–Kier alpha value is -2.49. The van der Waals surface area contributed by atoms with Gasteiger partial charge in [0.05, 0.1) is 16.3 Å². The van der Waals surface area contributed by atoms with Crippen LogP contribution in [0.5, 0.6) is 0 Å². The lowest BCUT2D eigenvalue weighted by molar-refractivity contribution is 0.0697. The second-order valence-electron chi connectivity index (χ2n) is 6.23. The molecule has 1 aliphatic heterocycles. The Morgan fingerprint density at radius 1 is 0.923 bits per heavy atom. The highest BCUT2D eigenvalue weighted by Crippen LogP contribution is 2.40. The van der Waals surface area contributed by atoms with Crippen LogP contribution in [0.2, 0.25) is 10.0 Å². The number of hydrogen-bond donors (Lipinski definition) is 1. The summed E-state index contributed by atoms with van der Waals surface area (Å²) in [4.78, 5) is 13.4. The monoisotopic (exact) mass is 383 g/mol. The lowest BCUT2D eigenvalue weighted by Crippen LogP contribution is -2.13. The Kier molecular flexibility index (Phi) is 4.35. The molecule has 1 N–H and O–H groups in total. The highest BCUT2D eigenvalue weighted by molar-refractivity contribution is 6.36. The Balaban J connectivity index is 1.77. The number of halogens is 2. The molecule has 0 fully saturated rings. The van der Waals surface area contributed by atoms with Gasteiger partial charge in [0, 0.05) is 17.3 Å². The molecule has 5 heteroatoms. The van der Waals surface area contributed by atoms with Crippen molar-refractivity contribution in [3.63, 3.8) is 0 Å². The van der Waals surface area contributed by atoms with E-state index in [2.05, 4.69) is 17.0 Å². The van der Waals surface area contributed by atoms with Crippen LogP contribution >= 0.6 is 23.2 Å². The van der Waals surface area contributed by atoms with Crippen LogP contribution in [0.15, 0.2) is 60.7 Å².